The van der Waals surface area contributed by atoms with Gasteiger partial charge in [0.15, 0.2) is 0 Å². The Morgan fingerprint density at radius 2 is 1.86 bits per heavy atom. The highest BCUT2D eigenvalue weighted by Gasteiger charge is 2.40. The molecule has 1 fully saturated rings. The van der Waals surface area contributed by atoms with Crippen molar-refractivity contribution in [2.24, 2.45) is 0 Å². The van der Waals surface area contributed by atoms with Crippen LogP contribution in [0.2, 0.25) is 0 Å². The number of ether oxygens (including phenoxy) is 2. The van der Waals surface area contributed by atoms with Crippen LogP contribution in [0, 0.1) is 5.82 Å². The molecule has 0 bridgehead atoms. The quantitative estimate of drug-likeness (QED) is 0.848. The molecule has 6 nitrogen and oxygen atoms in total. The lowest BCUT2D eigenvalue weighted by molar-refractivity contribution is -0.00461. The third-order valence-electron chi connectivity index (χ3n) is 3.60. The topological polar surface area (TPSA) is 76.1 Å². The van der Waals surface area contributed by atoms with E-state index < -0.39 is 22.4 Å². The summed E-state index contributed by atoms with van der Waals surface area (Å²) in [6, 6.07) is 3.30. The molecule has 1 aliphatic heterocycles. The fourth-order valence-electron chi connectivity index (χ4n) is 2.40. The predicted octanol–water partition coefficient (Wildman–Crippen LogP) is 0.352. The van der Waals surface area contributed by atoms with Crippen LogP contribution >= 0.6 is 0 Å². The number of rotatable bonds is 5. The molecule has 1 aliphatic rings. The molecular formula is C13H18FNO5S. The second kappa shape index (κ2) is 6.37. The molecule has 8 heteroatoms. The van der Waals surface area contributed by atoms with Gasteiger partial charge in [-0.3, -0.25) is 0 Å². The van der Waals surface area contributed by atoms with Crippen molar-refractivity contribution < 1.29 is 27.4 Å². The van der Waals surface area contributed by atoms with Gasteiger partial charge in [-0.05, 0) is 17.7 Å². The summed E-state index contributed by atoms with van der Waals surface area (Å²) in [5, 5.41) is 9.26. The number of hydrogen-bond acceptors (Lipinski definition) is 5. The van der Waals surface area contributed by atoms with Crippen LogP contribution in [0.25, 0.3) is 0 Å². The van der Waals surface area contributed by atoms with Gasteiger partial charge >= 0.3 is 0 Å². The number of aliphatic hydroxyl groups is 1. The van der Waals surface area contributed by atoms with Gasteiger partial charge < -0.3 is 14.6 Å². The van der Waals surface area contributed by atoms with Gasteiger partial charge in [0, 0.05) is 27.3 Å². The van der Waals surface area contributed by atoms with Gasteiger partial charge in [-0.2, -0.15) is 4.31 Å². The molecule has 21 heavy (non-hydrogen) atoms. The number of halogens is 1. The standard InChI is InChI=1S/C13H18FNO5S/c1-19-11-6-15(7-12(11)20-2)21(17,18)13-5-10(14)4-3-9(13)8-16/h3-5,11-12,16H,6-8H2,1-2H3. The summed E-state index contributed by atoms with van der Waals surface area (Å²) in [5.41, 5.74) is 0.159. The van der Waals surface area contributed by atoms with E-state index in [-0.39, 0.29) is 35.8 Å². The molecule has 0 saturated carbocycles. The van der Waals surface area contributed by atoms with Crippen molar-refractivity contribution in [2.45, 2.75) is 23.7 Å². The lowest BCUT2D eigenvalue weighted by atomic mass is 10.2. The van der Waals surface area contributed by atoms with Gasteiger partial charge in [0.25, 0.3) is 0 Å². The first-order chi connectivity index (χ1) is 9.93. The molecule has 2 rings (SSSR count). The monoisotopic (exact) mass is 319 g/mol. The number of aliphatic hydroxyl groups excluding tert-OH is 1. The molecule has 118 valence electrons. The van der Waals surface area contributed by atoms with Crippen molar-refractivity contribution >= 4 is 10.0 Å². The van der Waals surface area contributed by atoms with E-state index in [0.29, 0.717) is 0 Å². The Morgan fingerprint density at radius 3 is 2.33 bits per heavy atom. The number of sulfonamides is 1. The SMILES string of the molecule is COC1CN(S(=O)(=O)c2cc(F)ccc2CO)CC1OC. The van der Waals surface area contributed by atoms with Crippen LogP contribution in [0.15, 0.2) is 23.1 Å². The zero-order valence-electron chi connectivity index (χ0n) is 11.8. The molecule has 0 spiro atoms. The molecule has 0 aromatic heterocycles. The Morgan fingerprint density at radius 1 is 1.29 bits per heavy atom. The first-order valence-electron chi connectivity index (χ1n) is 6.39. The second-order valence-electron chi connectivity index (χ2n) is 4.78. The molecule has 0 amide bonds. The summed E-state index contributed by atoms with van der Waals surface area (Å²) >= 11 is 0. The van der Waals surface area contributed by atoms with Crippen molar-refractivity contribution in [1.82, 2.24) is 4.31 Å². The lowest BCUT2D eigenvalue weighted by Crippen LogP contribution is -2.31. The van der Waals surface area contributed by atoms with E-state index in [4.69, 9.17) is 9.47 Å². The molecule has 2 unspecified atom stereocenters. The number of benzene rings is 1. The van der Waals surface area contributed by atoms with E-state index in [2.05, 4.69) is 0 Å². The Balaban J connectivity index is 2.37. The Kier molecular flexibility index (Phi) is 4.95. The van der Waals surface area contributed by atoms with Gasteiger partial charge in [0.1, 0.15) is 5.82 Å². The zero-order chi connectivity index (χ0) is 15.6. The molecule has 1 heterocycles. The number of nitrogens with zero attached hydrogens (tertiary/aromatic N) is 1. The van der Waals surface area contributed by atoms with Crippen molar-refractivity contribution in [3.63, 3.8) is 0 Å². The maximum Gasteiger partial charge on any atom is 0.243 e. The first-order valence-corrected chi connectivity index (χ1v) is 7.83. The largest absolute Gasteiger partial charge is 0.392 e. The summed E-state index contributed by atoms with van der Waals surface area (Å²) in [6.45, 7) is -0.235. The molecule has 1 aromatic rings. The summed E-state index contributed by atoms with van der Waals surface area (Å²) in [6.07, 6.45) is -0.758. The van der Waals surface area contributed by atoms with Crippen molar-refractivity contribution in [2.75, 3.05) is 27.3 Å². The average molecular weight is 319 g/mol. The minimum Gasteiger partial charge on any atom is -0.392 e. The Bertz CT molecular complexity index is 595. The summed E-state index contributed by atoms with van der Waals surface area (Å²) < 4.78 is 50.2. The smallest absolute Gasteiger partial charge is 0.243 e. The van der Waals surface area contributed by atoms with Crippen LogP contribution in [0.5, 0.6) is 0 Å². The van der Waals surface area contributed by atoms with E-state index in [1.807, 2.05) is 0 Å². The highest BCUT2D eigenvalue weighted by Crippen LogP contribution is 2.26. The third kappa shape index (κ3) is 3.09. The van der Waals surface area contributed by atoms with Gasteiger partial charge in [-0.15, -0.1) is 0 Å². The molecule has 0 radical (unpaired) electrons. The van der Waals surface area contributed by atoms with Crippen LogP contribution in [0.1, 0.15) is 5.56 Å². The van der Waals surface area contributed by atoms with Gasteiger partial charge in [-0.1, -0.05) is 6.07 Å². The number of methoxy groups -OCH3 is 2. The molecular weight excluding hydrogens is 301 g/mol. The highest BCUT2D eigenvalue weighted by atomic mass is 32.2. The fraction of sp³-hybridized carbons (Fsp3) is 0.538. The first kappa shape index (κ1) is 16.3. The van der Waals surface area contributed by atoms with Crippen LogP contribution < -0.4 is 0 Å². The Hall–Kier alpha value is -1.06. The van der Waals surface area contributed by atoms with Crippen LogP contribution in [-0.2, 0) is 26.1 Å². The Labute approximate surface area is 123 Å². The molecule has 1 aromatic carbocycles. The lowest BCUT2D eigenvalue weighted by Gasteiger charge is -2.18. The normalized spacial score (nSPS) is 23.6. The van der Waals surface area contributed by atoms with Crippen molar-refractivity contribution in [3.05, 3.63) is 29.6 Å². The van der Waals surface area contributed by atoms with E-state index >= 15 is 0 Å². The van der Waals surface area contributed by atoms with Gasteiger partial charge in [-0.25, -0.2) is 12.8 Å². The van der Waals surface area contributed by atoms with E-state index in [1.165, 1.54) is 24.6 Å². The van der Waals surface area contributed by atoms with Crippen LogP contribution in [-0.4, -0.2) is 57.3 Å². The van der Waals surface area contributed by atoms with E-state index in [1.54, 1.807) is 0 Å². The zero-order valence-corrected chi connectivity index (χ0v) is 12.6. The molecule has 1 N–H and O–H groups in total. The van der Waals surface area contributed by atoms with Crippen molar-refractivity contribution in [1.29, 1.82) is 0 Å². The summed E-state index contributed by atoms with van der Waals surface area (Å²) in [5.74, 6) is -0.670. The minimum atomic E-state index is -3.92. The molecule has 0 aliphatic carbocycles. The maximum atomic E-state index is 13.4. The minimum absolute atomic E-state index is 0.124. The van der Waals surface area contributed by atoms with E-state index in [9.17, 15) is 17.9 Å². The highest BCUT2D eigenvalue weighted by molar-refractivity contribution is 7.89. The maximum absolute atomic E-state index is 13.4. The van der Waals surface area contributed by atoms with Crippen LogP contribution in [0.3, 0.4) is 0 Å². The third-order valence-corrected chi connectivity index (χ3v) is 5.52. The second-order valence-corrected chi connectivity index (χ2v) is 6.69. The predicted molar refractivity (Wildman–Crippen MR) is 72.7 cm³/mol. The van der Waals surface area contributed by atoms with Crippen LogP contribution in [0.4, 0.5) is 4.39 Å². The van der Waals surface area contributed by atoms with Gasteiger partial charge in [0.05, 0.1) is 23.7 Å². The van der Waals surface area contributed by atoms with Crippen molar-refractivity contribution in [3.8, 4) is 0 Å². The van der Waals surface area contributed by atoms with Gasteiger partial charge in [0.2, 0.25) is 10.0 Å². The fourth-order valence-corrected chi connectivity index (χ4v) is 4.09. The molecule has 2 atom stereocenters. The van der Waals surface area contributed by atoms with E-state index in [0.717, 1.165) is 12.1 Å². The molecule has 1 saturated heterocycles. The average Bonchev–Trinajstić information content (AvgIpc) is 2.91. The summed E-state index contributed by atoms with van der Waals surface area (Å²) in [7, 11) is -0.956. The summed E-state index contributed by atoms with van der Waals surface area (Å²) in [4.78, 5) is -0.225. The number of hydrogen-bond donors (Lipinski definition) is 1.